The van der Waals surface area contributed by atoms with E-state index < -0.39 is 54.2 Å². The number of nitrogens with zero attached hydrogens (tertiary/aromatic N) is 1. The van der Waals surface area contributed by atoms with Gasteiger partial charge in [0.05, 0.1) is 31.2 Å². The molecule has 0 spiro atoms. The van der Waals surface area contributed by atoms with Gasteiger partial charge < -0.3 is 33.3 Å². The highest BCUT2D eigenvalue weighted by molar-refractivity contribution is 6.35. The number of nitrogens with one attached hydrogen (secondary N) is 1. The summed E-state index contributed by atoms with van der Waals surface area (Å²) in [5, 5.41) is 3.10. The fourth-order valence-electron chi connectivity index (χ4n) is 5.75. The predicted octanol–water partition coefficient (Wildman–Crippen LogP) is 4.59. The zero-order valence-electron chi connectivity index (χ0n) is 26.5. The molecule has 1 N–H and O–H groups in total. The lowest BCUT2D eigenvalue weighted by atomic mass is 9.87. The zero-order chi connectivity index (χ0) is 32.3. The molecule has 4 bridgehead atoms. The van der Waals surface area contributed by atoms with Crippen LogP contribution in [0.1, 0.15) is 46.1 Å². The molecule has 7 atom stereocenters. The van der Waals surface area contributed by atoms with Crippen LogP contribution in [0, 0.1) is 11.8 Å². The number of anilines is 1. The molecular weight excluding hydrogens is 592 g/mol. The topological polar surface area (TPSA) is 125 Å². The number of rotatable bonds is 5. The van der Waals surface area contributed by atoms with Gasteiger partial charge in [-0.3, -0.25) is 14.9 Å². The maximum atomic E-state index is 13.7. The van der Waals surface area contributed by atoms with E-state index in [0.717, 1.165) is 11.1 Å². The van der Waals surface area contributed by atoms with Crippen molar-refractivity contribution in [3.8, 4) is 5.75 Å². The van der Waals surface area contributed by atoms with Gasteiger partial charge in [0.25, 0.3) is 0 Å². The molecule has 0 aromatic heterocycles. The lowest BCUT2D eigenvalue weighted by molar-refractivity contribution is -0.161. The molecule has 0 aliphatic carbocycles. The number of allylic oxidation sites excluding steroid dienone is 3. The Bertz CT molecular complexity index is 1310. The summed E-state index contributed by atoms with van der Waals surface area (Å²) >= 11 is 6.68. The number of fused-ring (bicyclic) bond motifs is 5. The average molecular weight is 635 g/mol. The van der Waals surface area contributed by atoms with E-state index in [9.17, 15) is 14.4 Å². The molecule has 2 fully saturated rings. The number of alkyl carbamates (subject to hydrolysis) is 1. The van der Waals surface area contributed by atoms with E-state index in [1.807, 2.05) is 44.2 Å². The van der Waals surface area contributed by atoms with Gasteiger partial charge in [-0.1, -0.05) is 56.2 Å². The highest BCUT2D eigenvalue weighted by Crippen LogP contribution is 2.42. The standard InChI is InChI=1S/C32H43ClN2O9/c1-17(2)30(37)42-23-15-26(36)35(5)21-13-20(14-22(39-6)27(21)33)12-18(3)10-9-11-25(40-7)32(41-8)16-24(43-31(38)34-32)19(4)28-29(23)44-28/h9-11,13-14,17,19,23-25,28-29H,12,15-16H2,1-8H3,(H,34,38)/b11-9+,18-10+/t19-,23+,24-,25-,28-,29-,32+/m1/s1. The maximum Gasteiger partial charge on any atom is 0.409 e. The van der Waals surface area contributed by atoms with Crippen molar-refractivity contribution < 1.29 is 42.8 Å². The third-order valence-electron chi connectivity index (χ3n) is 8.49. The Hall–Kier alpha value is -3.12. The predicted molar refractivity (Wildman–Crippen MR) is 164 cm³/mol. The smallest absolute Gasteiger partial charge is 0.409 e. The van der Waals surface area contributed by atoms with Gasteiger partial charge in [0, 0.05) is 33.6 Å². The molecular formula is C32H43ClN2O9. The molecule has 3 aliphatic rings. The Morgan fingerprint density at radius 1 is 1.18 bits per heavy atom. The van der Waals surface area contributed by atoms with Crippen LogP contribution in [0.5, 0.6) is 5.75 Å². The Morgan fingerprint density at radius 2 is 1.91 bits per heavy atom. The molecule has 0 saturated carbocycles. The highest BCUT2D eigenvalue weighted by Gasteiger charge is 2.56. The average Bonchev–Trinajstić information content (AvgIpc) is 3.79. The van der Waals surface area contributed by atoms with Gasteiger partial charge in [-0.25, -0.2) is 4.79 Å². The molecule has 1 aromatic carbocycles. The third-order valence-corrected chi connectivity index (χ3v) is 8.87. The molecule has 4 rings (SSSR count). The van der Waals surface area contributed by atoms with E-state index in [0.29, 0.717) is 22.9 Å². The van der Waals surface area contributed by atoms with Gasteiger partial charge in [-0.2, -0.15) is 0 Å². The van der Waals surface area contributed by atoms with Crippen LogP contribution in [0.3, 0.4) is 0 Å². The summed E-state index contributed by atoms with van der Waals surface area (Å²) in [5.74, 6) is -1.07. The van der Waals surface area contributed by atoms with Crippen molar-refractivity contribution in [1.29, 1.82) is 0 Å². The number of halogens is 1. The van der Waals surface area contributed by atoms with Crippen LogP contribution < -0.4 is 15.0 Å². The molecule has 2 amide bonds. The van der Waals surface area contributed by atoms with Crippen molar-refractivity contribution in [2.75, 3.05) is 33.3 Å². The third kappa shape index (κ3) is 7.22. The molecule has 44 heavy (non-hydrogen) atoms. The number of amides is 2. The summed E-state index contributed by atoms with van der Waals surface area (Å²) in [6, 6.07) is 3.68. The summed E-state index contributed by atoms with van der Waals surface area (Å²) in [4.78, 5) is 40.7. The number of esters is 1. The van der Waals surface area contributed by atoms with Crippen LogP contribution in [0.2, 0.25) is 5.02 Å². The van der Waals surface area contributed by atoms with Crippen molar-refractivity contribution in [1.82, 2.24) is 5.32 Å². The van der Waals surface area contributed by atoms with Crippen molar-refractivity contribution >= 4 is 35.3 Å². The largest absolute Gasteiger partial charge is 0.495 e. The minimum atomic E-state index is -1.21. The van der Waals surface area contributed by atoms with E-state index in [2.05, 4.69) is 5.32 Å². The first-order valence-electron chi connectivity index (χ1n) is 14.7. The summed E-state index contributed by atoms with van der Waals surface area (Å²) < 4.78 is 34.8. The number of carbonyl (C=O) groups is 3. The Morgan fingerprint density at radius 3 is 2.55 bits per heavy atom. The minimum Gasteiger partial charge on any atom is -0.495 e. The Kier molecular flexibility index (Phi) is 10.7. The van der Waals surface area contributed by atoms with E-state index >= 15 is 0 Å². The zero-order valence-corrected chi connectivity index (χ0v) is 27.3. The molecule has 1 aromatic rings. The molecule has 242 valence electrons. The van der Waals surface area contributed by atoms with E-state index in [1.165, 1.54) is 19.1 Å². The van der Waals surface area contributed by atoms with Gasteiger partial charge in [0.2, 0.25) is 5.91 Å². The second-order valence-corrected chi connectivity index (χ2v) is 12.3. The van der Waals surface area contributed by atoms with Crippen molar-refractivity contribution in [3.05, 3.63) is 46.5 Å². The summed E-state index contributed by atoms with van der Waals surface area (Å²) in [6.45, 7) is 7.32. The van der Waals surface area contributed by atoms with Crippen LogP contribution in [0.25, 0.3) is 0 Å². The van der Waals surface area contributed by atoms with E-state index in [4.69, 9.17) is 40.0 Å². The number of hydrogen-bond donors (Lipinski definition) is 1. The molecule has 0 radical (unpaired) electrons. The molecule has 3 aliphatic heterocycles. The van der Waals surface area contributed by atoms with E-state index in [1.54, 1.807) is 28.0 Å². The number of benzene rings is 1. The lowest BCUT2D eigenvalue weighted by Gasteiger charge is -2.44. The molecule has 2 saturated heterocycles. The van der Waals surface area contributed by atoms with Gasteiger partial charge >= 0.3 is 12.1 Å². The maximum absolute atomic E-state index is 13.7. The number of carbonyl (C=O) groups excluding carboxylic acids is 3. The fraction of sp³-hybridized carbons (Fsp3) is 0.594. The Labute approximate surface area is 263 Å². The van der Waals surface area contributed by atoms with Crippen LogP contribution >= 0.6 is 11.6 Å². The van der Waals surface area contributed by atoms with Crippen LogP contribution in [-0.2, 0) is 39.7 Å². The van der Waals surface area contributed by atoms with Crippen LogP contribution in [0.4, 0.5) is 10.5 Å². The highest BCUT2D eigenvalue weighted by atomic mass is 35.5. The van der Waals surface area contributed by atoms with Gasteiger partial charge in [-0.05, 0) is 31.0 Å². The normalized spacial score (nSPS) is 33.0. The molecule has 12 heteroatoms. The second kappa shape index (κ2) is 13.9. The summed E-state index contributed by atoms with van der Waals surface area (Å²) in [6.07, 6.45) is 2.47. The lowest BCUT2D eigenvalue weighted by Crippen LogP contribution is -2.64. The second-order valence-electron chi connectivity index (χ2n) is 11.9. The number of hydrogen-bond acceptors (Lipinski definition) is 9. The van der Waals surface area contributed by atoms with Crippen LogP contribution in [0.15, 0.2) is 35.9 Å². The minimum absolute atomic E-state index is 0.145. The van der Waals surface area contributed by atoms with E-state index in [-0.39, 0.29) is 24.7 Å². The first-order chi connectivity index (χ1) is 20.8. The number of methoxy groups -OCH3 is 3. The van der Waals surface area contributed by atoms with Crippen molar-refractivity contribution in [2.24, 2.45) is 11.8 Å². The van der Waals surface area contributed by atoms with Crippen LogP contribution in [-0.4, -0.2) is 82.6 Å². The van der Waals surface area contributed by atoms with Crippen molar-refractivity contribution in [2.45, 2.75) is 83.2 Å². The molecule has 0 unspecified atom stereocenters. The quantitative estimate of drug-likeness (QED) is 0.366. The monoisotopic (exact) mass is 634 g/mol. The fourth-order valence-corrected chi connectivity index (χ4v) is 6.06. The molecule has 11 nitrogen and oxygen atoms in total. The summed E-state index contributed by atoms with van der Waals surface area (Å²) in [7, 11) is 6.20. The van der Waals surface area contributed by atoms with Crippen molar-refractivity contribution in [3.63, 3.8) is 0 Å². The number of ether oxygens (including phenoxy) is 6. The first-order valence-corrected chi connectivity index (χ1v) is 15.1. The SMILES string of the molecule is COc1cc2cc(c1Cl)N(C)C(=O)C[C@H](OC(=O)C(C)C)[C@H]1O[C@@H]1[C@H](C)[C@H]1C[C@@](OC)(NC(=O)O1)[C@H](OC)/C=C/C=C(\C)C2. The van der Waals surface area contributed by atoms with Gasteiger partial charge in [0.1, 0.15) is 35.2 Å². The first kappa shape index (κ1) is 33.8. The Balaban J connectivity index is 1.78. The summed E-state index contributed by atoms with van der Waals surface area (Å²) in [5.41, 5.74) is 1.13. The van der Waals surface area contributed by atoms with Gasteiger partial charge in [-0.15, -0.1) is 0 Å². The van der Waals surface area contributed by atoms with Gasteiger partial charge in [0.15, 0.2) is 5.72 Å². The number of epoxide rings is 1. The molecule has 3 heterocycles.